The summed E-state index contributed by atoms with van der Waals surface area (Å²) in [6, 6.07) is 13.5. The molecular weight excluding hydrogens is 360 g/mol. The number of carboxylic acids is 1. The molecule has 1 aliphatic heterocycles. The molecule has 1 aliphatic rings. The highest BCUT2D eigenvalue weighted by Crippen LogP contribution is 2.32. The molecule has 1 atom stereocenters. The van der Waals surface area contributed by atoms with E-state index in [4.69, 9.17) is 9.63 Å². The molecule has 0 radical (unpaired) electrons. The SMILES string of the molecule is O=C(O)c1cccc(C(=O)N2CCCCC2c2nc(-c3ccccc3)no2)n1. The van der Waals surface area contributed by atoms with Crippen LogP contribution in [0.2, 0.25) is 0 Å². The van der Waals surface area contributed by atoms with Crippen LogP contribution < -0.4 is 0 Å². The molecule has 3 heterocycles. The van der Waals surface area contributed by atoms with Crippen molar-refractivity contribution in [2.75, 3.05) is 6.54 Å². The van der Waals surface area contributed by atoms with Crippen molar-refractivity contribution < 1.29 is 19.2 Å². The number of likely N-dealkylation sites (tertiary alicyclic amines) is 1. The topological polar surface area (TPSA) is 109 Å². The van der Waals surface area contributed by atoms with Gasteiger partial charge in [0, 0.05) is 12.1 Å². The number of aromatic carboxylic acids is 1. The predicted octanol–water partition coefficient (Wildman–Crippen LogP) is 3.20. The number of amides is 1. The van der Waals surface area contributed by atoms with E-state index in [9.17, 15) is 9.59 Å². The number of pyridine rings is 1. The Kier molecular flexibility index (Phi) is 4.84. The van der Waals surface area contributed by atoms with Crippen LogP contribution in [0.25, 0.3) is 11.4 Å². The molecule has 8 heteroatoms. The van der Waals surface area contributed by atoms with Gasteiger partial charge in [-0.2, -0.15) is 4.98 Å². The van der Waals surface area contributed by atoms with E-state index in [1.165, 1.54) is 18.2 Å². The van der Waals surface area contributed by atoms with Gasteiger partial charge in [0.05, 0.1) is 0 Å². The van der Waals surface area contributed by atoms with Gasteiger partial charge in [-0.1, -0.05) is 41.6 Å². The zero-order valence-corrected chi connectivity index (χ0v) is 15.0. The highest BCUT2D eigenvalue weighted by atomic mass is 16.5. The first kappa shape index (κ1) is 17.8. The number of hydrogen-bond acceptors (Lipinski definition) is 6. The second kappa shape index (κ2) is 7.59. The summed E-state index contributed by atoms with van der Waals surface area (Å²) in [7, 11) is 0. The standard InChI is InChI=1S/C20H18N4O4/c25-19(14-9-6-10-15(21-14)20(26)27)24-12-5-4-11-16(24)18-22-17(23-28-18)13-7-2-1-3-8-13/h1-3,6-10,16H,4-5,11-12H2,(H,26,27). The number of nitrogens with zero attached hydrogens (tertiary/aromatic N) is 4. The molecule has 1 unspecified atom stereocenters. The van der Waals surface area contributed by atoms with Crippen molar-refractivity contribution in [3.05, 3.63) is 65.8 Å². The van der Waals surface area contributed by atoms with Crippen LogP contribution in [-0.2, 0) is 0 Å². The number of hydrogen-bond donors (Lipinski definition) is 1. The molecule has 142 valence electrons. The number of carboxylic acid groups (broad SMARTS) is 1. The summed E-state index contributed by atoms with van der Waals surface area (Å²) in [6.07, 6.45) is 2.47. The lowest BCUT2D eigenvalue weighted by atomic mass is 10.0. The maximum Gasteiger partial charge on any atom is 0.354 e. The second-order valence-electron chi connectivity index (χ2n) is 6.55. The number of carbonyl (C=O) groups is 2. The quantitative estimate of drug-likeness (QED) is 0.742. The Bertz CT molecular complexity index is 1000. The van der Waals surface area contributed by atoms with Gasteiger partial charge in [0.1, 0.15) is 17.4 Å². The van der Waals surface area contributed by atoms with E-state index in [0.717, 1.165) is 18.4 Å². The van der Waals surface area contributed by atoms with Crippen LogP contribution in [-0.4, -0.2) is 43.6 Å². The van der Waals surface area contributed by atoms with E-state index < -0.39 is 5.97 Å². The lowest BCUT2D eigenvalue weighted by molar-refractivity contribution is 0.0555. The van der Waals surface area contributed by atoms with Crippen molar-refractivity contribution in [2.45, 2.75) is 25.3 Å². The van der Waals surface area contributed by atoms with E-state index >= 15 is 0 Å². The van der Waals surface area contributed by atoms with Gasteiger partial charge in [-0.25, -0.2) is 9.78 Å². The number of carbonyl (C=O) groups excluding carboxylic acids is 1. The minimum atomic E-state index is -1.17. The third-order valence-electron chi connectivity index (χ3n) is 4.71. The average Bonchev–Trinajstić information content (AvgIpc) is 3.24. The third kappa shape index (κ3) is 3.48. The molecular formula is C20H18N4O4. The predicted molar refractivity (Wildman–Crippen MR) is 98.6 cm³/mol. The number of rotatable bonds is 4. The Morgan fingerprint density at radius 3 is 2.57 bits per heavy atom. The Hall–Kier alpha value is -3.55. The number of piperidine rings is 1. The summed E-state index contributed by atoms with van der Waals surface area (Å²) in [4.78, 5) is 34.3. The molecule has 1 N–H and O–H groups in total. The van der Waals surface area contributed by atoms with Crippen molar-refractivity contribution in [1.29, 1.82) is 0 Å². The lowest BCUT2D eigenvalue weighted by Crippen LogP contribution is -2.39. The van der Waals surface area contributed by atoms with Crippen LogP contribution in [0.3, 0.4) is 0 Å². The molecule has 0 spiro atoms. The minimum absolute atomic E-state index is 0.0922. The van der Waals surface area contributed by atoms with Crippen molar-refractivity contribution >= 4 is 11.9 Å². The van der Waals surface area contributed by atoms with Crippen molar-refractivity contribution in [1.82, 2.24) is 20.0 Å². The molecule has 0 bridgehead atoms. The Morgan fingerprint density at radius 1 is 1.00 bits per heavy atom. The fourth-order valence-corrected chi connectivity index (χ4v) is 3.33. The lowest BCUT2D eigenvalue weighted by Gasteiger charge is -2.33. The van der Waals surface area contributed by atoms with Gasteiger partial charge < -0.3 is 14.5 Å². The fourth-order valence-electron chi connectivity index (χ4n) is 3.33. The van der Waals surface area contributed by atoms with E-state index in [0.29, 0.717) is 24.7 Å². The van der Waals surface area contributed by atoms with Crippen LogP contribution in [0.1, 0.15) is 52.2 Å². The molecule has 1 fully saturated rings. The monoisotopic (exact) mass is 378 g/mol. The van der Waals surface area contributed by atoms with E-state index in [2.05, 4.69) is 15.1 Å². The summed E-state index contributed by atoms with van der Waals surface area (Å²) in [5.74, 6) is -0.664. The van der Waals surface area contributed by atoms with E-state index in [-0.39, 0.29) is 23.3 Å². The largest absolute Gasteiger partial charge is 0.477 e. The first-order valence-corrected chi connectivity index (χ1v) is 9.04. The summed E-state index contributed by atoms with van der Waals surface area (Å²) >= 11 is 0. The molecule has 0 aliphatic carbocycles. The van der Waals surface area contributed by atoms with Gasteiger partial charge in [0.15, 0.2) is 0 Å². The normalized spacial score (nSPS) is 16.7. The summed E-state index contributed by atoms with van der Waals surface area (Å²) in [5, 5.41) is 13.2. The highest BCUT2D eigenvalue weighted by Gasteiger charge is 2.33. The fraction of sp³-hybridized carbons (Fsp3) is 0.250. The summed E-state index contributed by atoms with van der Waals surface area (Å²) < 4.78 is 5.47. The van der Waals surface area contributed by atoms with Crippen LogP contribution in [0, 0.1) is 0 Å². The maximum atomic E-state index is 13.0. The van der Waals surface area contributed by atoms with Gasteiger partial charge in [0.2, 0.25) is 11.7 Å². The first-order chi connectivity index (χ1) is 13.6. The van der Waals surface area contributed by atoms with Gasteiger partial charge >= 0.3 is 5.97 Å². The average molecular weight is 378 g/mol. The highest BCUT2D eigenvalue weighted by molar-refractivity contribution is 5.94. The van der Waals surface area contributed by atoms with Crippen LogP contribution in [0.15, 0.2) is 53.1 Å². The molecule has 1 saturated heterocycles. The third-order valence-corrected chi connectivity index (χ3v) is 4.71. The second-order valence-corrected chi connectivity index (χ2v) is 6.55. The molecule has 4 rings (SSSR count). The molecule has 1 amide bonds. The minimum Gasteiger partial charge on any atom is -0.477 e. The Balaban J connectivity index is 1.62. The van der Waals surface area contributed by atoms with Crippen molar-refractivity contribution in [3.8, 4) is 11.4 Å². The molecule has 2 aromatic heterocycles. The van der Waals surface area contributed by atoms with E-state index in [1.807, 2.05) is 30.3 Å². The van der Waals surface area contributed by atoms with Gasteiger partial charge in [-0.15, -0.1) is 0 Å². The molecule has 0 saturated carbocycles. The van der Waals surface area contributed by atoms with Crippen LogP contribution in [0.4, 0.5) is 0 Å². The van der Waals surface area contributed by atoms with E-state index in [1.54, 1.807) is 4.90 Å². The number of benzene rings is 1. The van der Waals surface area contributed by atoms with Crippen LogP contribution in [0.5, 0.6) is 0 Å². The van der Waals surface area contributed by atoms with Gasteiger partial charge in [0.25, 0.3) is 5.91 Å². The Labute approximate surface area is 160 Å². The van der Waals surface area contributed by atoms with Gasteiger partial charge in [-0.05, 0) is 31.4 Å². The first-order valence-electron chi connectivity index (χ1n) is 9.04. The van der Waals surface area contributed by atoms with Crippen molar-refractivity contribution in [2.24, 2.45) is 0 Å². The van der Waals surface area contributed by atoms with Gasteiger partial charge in [-0.3, -0.25) is 4.79 Å². The summed E-state index contributed by atoms with van der Waals surface area (Å²) in [6.45, 7) is 0.519. The van der Waals surface area contributed by atoms with Crippen molar-refractivity contribution in [3.63, 3.8) is 0 Å². The number of aromatic nitrogens is 3. The zero-order chi connectivity index (χ0) is 19.5. The Morgan fingerprint density at radius 2 is 1.79 bits per heavy atom. The maximum absolute atomic E-state index is 13.0. The summed E-state index contributed by atoms with van der Waals surface area (Å²) in [5.41, 5.74) is 0.764. The molecule has 1 aromatic carbocycles. The molecule has 8 nitrogen and oxygen atoms in total. The smallest absolute Gasteiger partial charge is 0.354 e. The zero-order valence-electron chi connectivity index (χ0n) is 15.0. The molecule has 3 aromatic rings. The van der Waals surface area contributed by atoms with Crippen LogP contribution >= 0.6 is 0 Å². The molecule has 28 heavy (non-hydrogen) atoms.